The molecule has 1 aliphatic carbocycles. The van der Waals surface area contributed by atoms with Crippen LogP contribution in [0.25, 0.3) is 0 Å². The van der Waals surface area contributed by atoms with Crippen molar-refractivity contribution in [2.24, 2.45) is 0 Å². The van der Waals surface area contributed by atoms with Gasteiger partial charge in [-0.25, -0.2) is 0 Å². The zero-order valence-electron chi connectivity index (χ0n) is 13.3. The average molecular weight is 327 g/mol. The fourth-order valence-corrected chi connectivity index (χ4v) is 2.91. The fraction of sp³-hybridized carbons (Fsp3) is 0.588. The SMILES string of the molecule is CCCOC1(CNC(=O)c2cccc(N)c2)CCCCC1.Cl. The van der Waals surface area contributed by atoms with Gasteiger partial charge in [0.15, 0.2) is 0 Å². The van der Waals surface area contributed by atoms with Crippen LogP contribution in [0.3, 0.4) is 0 Å². The lowest BCUT2D eigenvalue weighted by atomic mass is 9.84. The Hall–Kier alpha value is -1.26. The van der Waals surface area contributed by atoms with Crippen LogP contribution in [0.4, 0.5) is 5.69 Å². The molecule has 1 saturated carbocycles. The number of carbonyl (C=O) groups excluding carboxylic acids is 1. The lowest BCUT2D eigenvalue weighted by Gasteiger charge is -2.37. The van der Waals surface area contributed by atoms with Gasteiger partial charge in [0.1, 0.15) is 0 Å². The molecule has 0 aliphatic heterocycles. The molecular weight excluding hydrogens is 300 g/mol. The number of nitrogen functional groups attached to an aromatic ring is 1. The van der Waals surface area contributed by atoms with E-state index < -0.39 is 0 Å². The highest BCUT2D eigenvalue weighted by Gasteiger charge is 2.33. The topological polar surface area (TPSA) is 64.3 Å². The molecule has 4 nitrogen and oxygen atoms in total. The van der Waals surface area contributed by atoms with Crippen LogP contribution < -0.4 is 11.1 Å². The molecule has 1 aromatic rings. The minimum absolute atomic E-state index is 0. The summed E-state index contributed by atoms with van der Waals surface area (Å²) in [7, 11) is 0. The van der Waals surface area contributed by atoms with E-state index >= 15 is 0 Å². The Morgan fingerprint density at radius 3 is 2.68 bits per heavy atom. The molecule has 124 valence electrons. The number of nitrogens with one attached hydrogen (secondary N) is 1. The third-order valence-electron chi connectivity index (χ3n) is 4.10. The van der Waals surface area contributed by atoms with Gasteiger partial charge in [0.25, 0.3) is 5.91 Å². The summed E-state index contributed by atoms with van der Waals surface area (Å²) in [5.41, 5.74) is 6.76. The summed E-state index contributed by atoms with van der Waals surface area (Å²) in [6.07, 6.45) is 6.69. The molecule has 1 amide bonds. The largest absolute Gasteiger partial charge is 0.399 e. The van der Waals surface area contributed by atoms with Crippen molar-refractivity contribution in [1.82, 2.24) is 5.32 Å². The molecule has 0 aromatic heterocycles. The van der Waals surface area contributed by atoms with Gasteiger partial charge >= 0.3 is 0 Å². The zero-order valence-corrected chi connectivity index (χ0v) is 14.1. The van der Waals surface area contributed by atoms with Gasteiger partial charge in [0.2, 0.25) is 0 Å². The Morgan fingerprint density at radius 1 is 1.32 bits per heavy atom. The van der Waals surface area contributed by atoms with Gasteiger partial charge in [-0.15, -0.1) is 12.4 Å². The summed E-state index contributed by atoms with van der Waals surface area (Å²) in [6.45, 7) is 3.46. The Labute approximate surface area is 139 Å². The maximum Gasteiger partial charge on any atom is 0.251 e. The molecule has 0 spiro atoms. The minimum atomic E-state index is -0.176. The standard InChI is InChI=1S/C17H26N2O2.ClH/c1-2-11-21-17(9-4-3-5-10-17)13-19-16(20)14-7-6-8-15(18)12-14;/h6-8,12H,2-5,9-11,13,18H2,1H3,(H,19,20);1H. The molecule has 0 unspecified atom stereocenters. The Morgan fingerprint density at radius 2 is 2.05 bits per heavy atom. The normalized spacial score (nSPS) is 16.6. The third kappa shape index (κ3) is 5.18. The first-order valence-electron chi connectivity index (χ1n) is 7.93. The molecule has 0 bridgehead atoms. The Kier molecular flexibility index (Phi) is 7.69. The van der Waals surface area contributed by atoms with E-state index in [2.05, 4.69) is 12.2 Å². The molecule has 1 fully saturated rings. The van der Waals surface area contributed by atoms with E-state index in [4.69, 9.17) is 10.5 Å². The second kappa shape index (κ2) is 9.01. The number of hydrogen-bond donors (Lipinski definition) is 2. The molecular formula is C17H27ClN2O2. The van der Waals surface area contributed by atoms with Crippen LogP contribution in [-0.2, 0) is 4.74 Å². The van der Waals surface area contributed by atoms with Gasteiger partial charge in [-0.1, -0.05) is 32.3 Å². The molecule has 22 heavy (non-hydrogen) atoms. The number of rotatable bonds is 6. The van der Waals surface area contributed by atoms with E-state index in [1.807, 2.05) is 0 Å². The maximum absolute atomic E-state index is 12.2. The van der Waals surface area contributed by atoms with Gasteiger partial charge in [-0.3, -0.25) is 4.79 Å². The van der Waals surface area contributed by atoms with Gasteiger partial charge in [-0.2, -0.15) is 0 Å². The van der Waals surface area contributed by atoms with Crippen molar-refractivity contribution in [2.45, 2.75) is 51.0 Å². The summed E-state index contributed by atoms with van der Waals surface area (Å²) < 4.78 is 6.09. The average Bonchev–Trinajstić information content (AvgIpc) is 2.52. The van der Waals surface area contributed by atoms with Crippen molar-refractivity contribution in [3.63, 3.8) is 0 Å². The lowest BCUT2D eigenvalue weighted by molar-refractivity contribution is -0.0669. The summed E-state index contributed by atoms with van der Waals surface area (Å²) >= 11 is 0. The Bertz CT molecular complexity index is 473. The number of benzene rings is 1. The predicted molar refractivity (Wildman–Crippen MR) is 92.5 cm³/mol. The van der Waals surface area contributed by atoms with Crippen molar-refractivity contribution in [3.05, 3.63) is 29.8 Å². The molecule has 5 heteroatoms. The lowest BCUT2D eigenvalue weighted by Crippen LogP contribution is -2.46. The maximum atomic E-state index is 12.2. The second-order valence-corrected chi connectivity index (χ2v) is 5.90. The fourth-order valence-electron chi connectivity index (χ4n) is 2.91. The molecule has 0 saturated heterocycles. The quantitative estimate of drug-likeness (QED) is 0.786. The van der Waals surface area contributed by atoms with Crippen LogP contribution in [-0.4, -0.2) is 24.7 Å². The molecule has 3 N–H and O–H groups in total. The van der Waals surface area contributed by atoms with E-state index in [-0.39, 0.29) is 23.9 Å². The molecule has 2 rings (SSSR count). The minimum Gasteiger partial charge on any atom is -0.399 e. The summed E-state index contributed by atoms with van der Waals surface area (Å²) in [5, 5.41) is 3.03. The predicted octanol–water partition coefficient (Wildman–Crippen LogP) is 3.55. The number of amides is 1. The number of halogens is 1. The van der Waals surface area contributed by atoms with Gasteiger partial charge in [-0.05, 0) is 37.5 Å². The number of ether oxygens (including phenoxy) is 1. The molecule has 0 heterocycles. The Balaban J connectivity index is 0.00000242. The van der Waals surface area contributed by atoms with E-state index in [0.29, 0.717) is 17.8 Å². The van der Waals surface area contributed by atoms with Crippen LogP contribution in [0.5, 0.6) is 0 Å². The molecule has 0 atom stereocenters. The van der Waals surface area contributed by atoms with E-state index in [9.17, 15) is 4.79 Å². The van der Waals surface area contributed by atoms with E-state index in [0.717, 1.165) is 25.9 Å². The molecule has 0 radical (unpaired) electrons. The number of anilines is 1. The highest BCUT2D eigenvalue weighted by atomic mass is 35.5. The number of hydrogen-bond acceptors (Lipinski definition) is 3. The molecule has 1 aromatic carbocycles. The highest BCUT2D eigenvalue weighted by Crippen LogP contribution is 2.31. The van der Waals surface area contributed by atoms with Crippen molar-refractivity contribution in [2.75, 3.05) is 18.9 Å². The first kappa shape index (κ1) is 18.8. The number of nitrogens with two attached hydrogens (primary N) is 1. The van der Waals surface area contributed by atoms with Crippen LogP contribution in [0.15, 0.2) is 24.3 Å². The summed E-state index contributed by atoms with van der Waals surface area (Å²) in [4.78, 5) is 12.2. The molecule has 1 aliphatic rings. The summed E-state index contributed by atoms with van der Waals surface area (Å²) in [6, 6.07) is 7.07. The van der Waals surface area contributed by atoms with E-state index in [1.54, 1.807) is 24.3 Å². The number of carbonyl (C=O) groups is 1. The van der Waals surface area contributed by atoms with Crippen LogP contribution in [0.1, 0.15) is 55.8 Å². The highest BCUT2D eigenvalue weighted by molar-refractivity contribution is 5.95. The van der Waals surface area contributed by atoms with Crippen LogP contribution >= 0.6 is 12.4 Å². The van der Waals surface area contributed by atoms with E-state index in [1.165, 1.54) is 19.3 Å². The first-order valence-corrected chi connectivity index (χ1v) is 7.93. The first-order chi connectivity index (χ1) is 10.2. The van der Waals surface area contributed by atoms with Crippen molar-refractivity contribution < 1.29 is 9.53 Å². The smallest absolute Gasteiger partial charge is 0.251 e. The van der Waals surface area contributed by atoms with Crippen molar-refractivity contribution in [3.8, 4) is 0 Å². The monoisotopic (exact) mass is 326 g/mol. The summed E-state index contributed by atoms with van der Waals surface area (Å²) in [5.74, 6) is -0.0765. The van der Waals surface area contributed by atoms with Gasteiger partial charge in [0.05, 0.1) is 5.60 Å². The van der Waals surface area contributed by atoms with Gasteiger partial charge in [0, 0.05) is 24.4 Å². The van der Waals surface area contributed by atoms with Gasteiger partial charge < -0.3 is 15.8 Å². The van der Waals surface area contributed by atoms with Crippen LogP contribution in [0, 0.1) is 0 Å². The van der Waals surface area contributed by atoms with Crippen molar-refractivity contribution >= 4 is 24.0 Å². The third-order valence-corrected chi connectivity index (χ3v) is 4.10. The van der Waals surface area contributed by atoms with Crippen LogP contribution in [0.2, 0.25) is 0 Å². The van der Waals surface area contributed by atoms with Crippen molar-refractivity contribution in [1.29, 1.82) is 0 Å². The zero-order chi connectivity index (χ0) is 15.1. The second-order valence-electron chi connectivity index (χ2n) is 5.90.